The van der Waals surface area contributed by atoms with E-state index in [1.165, 1.54) is 4.90 Å². The third-order valence-electron chi connectivity index (χ3n) is 5.31. The Labute approximate surface area is 189 Å². The summed E-state index contributed by atoms with van der Waals surface area (Å²) >= 11 is 2.09. The van der Waals surface area contributed by atoms with E-state index in [2.05, 4.69) is 32.6 Å². The van der Waals surface area contributed by atoms with Gasteiger partial charge < -0.3 is 9.47 Å². The second-order valence-electron chi connectivity index (χ2n) is 8.62. The van der Waals surface area contributed by atoms with E-state index >= 15 is 0 Å². The second kappa shape index (κ2) is 7.84. The number of hydrogen-bond acceptors (Lipinski definition) is 6. The van der Waals surface area contributed by atoms with Crippen molar-refractivity contribution in [3.05, 3.63) is 45.3 Å². The molecular weight excluding hydrogens is 499 g/mol. The van der Waals surface area contributed by atoms with Crippen LogP contribution >= 0.6 is 22.6 Å². The molecule has 0 saturated carbocycles. The maximum Gasteiger partial charge on any atom is 0.417 e. The summed E-state index contributed by atoms with van der Waals surface area (Å²) in [5.41, 5.74) is 0.910. The number of carbonyl (C=O) groups excluding carboxylic acids is 2. The van der Waals surface area contributed by atoms with Gasteiger partial charge >= 0.3 is 6.09 Å². The highest BCUT2D eigenvalue weighted by Crippen LogP contribution is 2.36. The number of ether oxygens (including phenoxy) is 2. The summed E-state index contributed by atoms with van der Waals surface area (Å²) in [6, 6.07) is 7.49. The Hall–Kier alpha value is -2.14. The molecule has 0 bridgehead atoms. The van der Waals surface area contributed by atoms with Crippen LogP contribution in [0.1, 0.15) is 42.9 Å². The smallest absolute Gasteiger partial charge is 0.417 e. The SMILES string of the molecule is COc1ccc(CN2C[C@H]3[C@H](C2)n2ncc(I)c2C(=O)N3C(=O)OC(C)(C)C)cc1. The van der Waals surface area contributed by atoms with Crippen LogP contribution < -0.4 is 4.74 Å². The first-order valence-corrected chi connectivity index (χ1v) is 10.9. The summed E-state index contributed by atoms with van der Waals surface area (Å²) in [4.78, 5) is 29.7. The fourth-order valence-electron chi connectivity index (χ4n) is 4.05. The average Bonchev–Trinajstić information content (AvgIpc) is 3.25. The van der Waals surface area contributed by atoms with Gasteiger partial charge in [0.2, 0.25) is 0 Å². The number of nitrogens with zero attached hydrogens (tertiary/aromatic N) is 4. The summed E-state index contributed by atoms with van der Waals surface area (Å²) in [7, 11) is 1.64. The van der Waals surface area contributed by atoms with Crippen molar-refractivity contribution in [1.29, 1.82) is 0 Å². The summed E-state index contributed by atoms with van der Waals surface area (Å²) in [6.45, 7) is 7.37. The minimum absolute atomic E-state index is 0.105. The molecule has 3 heterocycles. The molecule has 1 aromatic carbocycles. The number of fused-ring (bicyclic) bond motifs is 3. The molecule has 2 aliphatic rings. The zero-order valence-corrected chi connectivity index (χ0v) is 19.6. The Morgan fingerprint density at radius 2 is 1.87 bits per heavy atom. The monoisotopic (exact) mass is 524 g/mol. The Bertz CT molecular complexity index is 966. The van der Waals surface area contributed by atoms with Gasteiger partial charge in [-0.25, -0.2) is 9.69 Å². The maximum atomic E-state index is 13.2. The lowest BCUT2D eigenvalue weighted by Gasteiger charge is -2.36. The summed E-state index contributed by atoms with van der Waals surface area (Å²) in [6.07, 6.45) is 1.08. The van der Waals surface area contributed by atoms with Crippen molar-refractivity contribution in [3.63, 3.8) is 0 Å². The number of hydrogen-bond donors (Lipinski definition) is 0. The topological polar surface area (TPSA) is 76.9 Å². The van der Waals surface area contributed by atoms with Crippen molar-refractivity contribution in [2.24, 2.45) is 0 Å². The second-order valence-corrected chi connectivity index (χ2v) is 9.78. The number of likely N-dealkylation sites (tertiary alicyclic amines) is 1. The standard InChI is InChI=1S/C21H25IN4O4/c1-21(2,3)30-20(28)25-16-11-24(10-13-5-7-14(29-4)8-6-13)12-17(16)26-18(19(25)27)15(22)9-23-26/h5-9,16-17H,10-12H2,1-4H3/t16-,17-/m0/s1. The first-order chi connectivity index (χ1) is 14.2. The lowest BCUT2D eigenvalue weighted by molar-refractivity contribution is 0.0101. The van der Waals surface area contributed by atoms with Gasteiger partial charge in [-0.1, -0.05) is 12.1 Å². The molecule has 1 fully saturated rings. The normalized spacial score (nSPS) is 21.4. The van der Waals surface area contributed by atoms with Gasteiger partial charge in [-0.3, -0.25) is 14.4 Å². The van der Waals surface area contributed by atoms with Crippen molar-refractivity contribution in [1.82, 2.24) is 19.6 Å². The quantitative estimate of drug-likeness (QED) is 0.574. The van der Waals surface area contributed by atoms with E-state index in [1.807, 2.05) is 24.3 Å². The van der Waals surface area contributed by atoms with E-state index in [9.17, 15) is 9.59 Å². The fourth-order valence-corrected chi connectivity index (χ4v) is 4.65. The molecular formula is C21H25IN4O4. The van der Waals surface area contributed by atoms with Gasteiger partial charge in [0.15, 0.2) is 0 Å². The number of amides is 2. The summed E-state index contributed by atoms with van der Waals surface area (Å²) < 4.78 is 13.3. The zero-order chi connectivity index (χ0) is 21.6. The van der Waals surface area contributed by atoms with Crippen LogP contribution in [0, 0.1) is 3.57 Å². The number of methoxy groups -OCH3 is 1. The average molecular weight is 524 g/mol. The molecule has 2 aliphatic heterocycles. The van der Waals surface area contributed by atoms with Crippen LogP contribution in [0.4, 0.5) is 4.79 Å². The van der Waals surface area contributed by atoms with E-state index < -0.39 is 11.7 Å². The molecule has 2 aromatic rings. The Kier molecular flexibility index (Phi) is 5.52. The van der Waals surface area contributed by atoms with Gasteiger partial charge in [-0.05, 0) is 61.1 Å². The van der Waals surface area contributed by atoms with Crippen molar-refractivity contribution in [2.75, 3.05) is 20.2 Å². The van der Waals surface area contributed by atoms with Crippen LogP contribution in [0.25, 0.3) is 0 Å². The van der Waals surface area contributed by atoms with E-state index in [4.69, 9.17) is 9.47 Å². The molecule has 1 saturated heterocycles. The predicted octanol–water partition coefficient (Wildman–Crippen LogP) is 3.31. The van der Waals surface area contributed by atoms with E-state index in [1.54, 1.807) is 38.8 Å². The van der Waals surface area contributed by atoms with Gasteiger partial charge in [0.25, 0.3) is 5.91 Å². The molecule has 2 amide bonds. The highest BCUT2D eigenvalue weighted by molar-refractivity contribution is 14.1. The molecule has 0 aliphatic carbocycles. The minimum Gasteiger partial charge on any atom is -0.497 e. The van der Waals surface area contributed by atoms with Crippen LogP contribution in [0.2, 0.25) is 0 Å². The molecule has 4 rings (SSSR count). The molecule has 0 N–H and O–H groups in total. The number of carbonyl (C=O) groups is 2. The number of rotatable bonds is 3. The minimum atomic E-state index is -0.681. The third kappa shape index (κ3) is 3.92. The van der Waals surface area contributed by atoms with Gasteiger partial charge in [0.1, 0.15) is 17.0 Å². The third-order valence-corrected chi connectivity index (χ3v) is 6.10. The number of halogens is 1. The Balaban J connectivity index is 1.61. The van der Waals surface area contributed by atoms with Gasteiger partial charge in [-0.15, -0.1) is 0 Å². The van der Waals surface area contributed by atoms with Crippen LogP contribution in [0.15, 0.2) is 30.5 Å². The summed E-state index contributed by atoms with van der Waals surface area (Å²) in [5.74, 6) is 0.463. The number of aromatic nitrogens is 2. The molecule has 9 heteroatoms. The first-order valence-electron chi connectivity index (χ1n) is 9.83. The molecule has 8 nitrogen and oxygen atoms in total. The highest BCUT2D eigenvalue weighted by Gasteiger charge is 2.50. The number of benzene rings is 1. The van der Waals surface area contributed by atoms with Crippen LogP contribution in [0.5, 0.6) is 5.75 Å². The number of imide groups is 1. The zero-order valence-electron chi connectivity index (χ0n) is 17.5. The van der Waals surface area contributed by atoms with Gasteiger partial charge in [-0.2, -0.15) is 5.10 Å². The molecule has 30 heavy (non-hydrogen) atoms. The van der Waals surface area contributed by atoms with Gasteiger partial charge in [0.05, 0.1) is 29.0 Å². The lowest BCUT2D eigenvalue weighted by atomic mass is 10.1. The first kappa shape index (κ1) is 21.1. The van der Waals surface area contributed by atoms with Crippen molar-refractivity contribution >= 4 is 34.6 Å². The van der Waals surface area contributed by atoms with Crippen molar-refractivity contribution in [3.8, 4) is 5.75 Å². The molecule has 0 radical (unpaired) electrons. The summed E-state index contributed by atoms with van der Waals surface area (Å²) in [5, 5.41) is 4.45. The molecule has 0 unspecified atom stereocenters. The van der Waals surface area contributed by atoms with Gasteiger partial charge in [0, 0.05) is 19.6 Å². The predicted molar refractivity (Wildman–Crippen MR) is 118 cm³/mol. The highest BCUT2D eigenvalue weighted by atomic mass is 127. The molecule has 0 spiro atoms. The lowest BCUT2D eigenvalue weighted by Crippen LogP contribution is -2.54. The van der Waals surface area contributed by atoms with E-state index in [0.29, 0.717) is 25.3 Å². The largest absolute Gasteiger partial charge is 0.497 e. The molecule has 160 valence electrons. The molecule has 1 aromatic heterocycles. The maximum absolute atomic E-state index is 13.2. The Morgan fingerprint density at radius 3 is 2.50 bits per heavy atom. The molecule has 2 atom stereocenters. The van der Waals surface area contributed by atoms with Crippen LogP contribution in [0.3, 0.4) is 0 Å². The fraction of sp³-hybridized carbons (Fsp3) is 0.476. The van der Waals surface area contributed by atoms with Crippen LogP contribution in [-0.2, 0) is 11.3 Å². The van der Waals surface area contributed by atoms with Crippen LogP contribution in [-0.4, -0.2) is 63.4 Å². The van der Waals surface area contributed by atoms with Crippen molar-refractivity contribution in [2.45, 2.75) is 45.0 Å². The van der Waals surface area contributed by atoms with E-state index in [-0.39, 0.29) is 18.0 Å². The van der Waals surface area contributed by atoms with E-state index in [0.717, 1.165) is 14.9 Å². The van der Waals surface area contributed by atoms with Crippen molar-refractivity contribution < 1.29 is 19.1 Å². The Morgan fingerprint density at radius 1 is 1.20 bits per heavy atom.